The van der Waals surface area contributed by atoms with Crippen LogP contribution in [0.2, 0.25) is 0 Å². The second kappa shape index (κ2) is 5.20. The summed E-state index contributed by atoms with van der Waals surface area (Å²) in [6.07, 6.45) is 1.03. The number of hydrogen-bond donors (Lipinski definition) is 1. The molecule has 0 spiro atoms. The Kier molecular flexibility index (Phi) is 3.82. The van der Waals surface area contributed by atoms with Gasteiger partial charge in [-0.15, -0.1) is 11.3 Å². The average molecular weight is 266 g/mol. The van der Waals surface area contributed by atoms with Crippen molar-refractivity contribution in [1.82, 2.24) is 10.2 Å². The zero-order valence-corrected chi connectivity index (χ0v) is 11.7. The van der Waals surface area contributed by atoms with Gasteiger partial charge < -0.3 is 0 Å². The fraction of sp³-hybridized carbons (Fsp3) is 0.538. The Morgan fingerprint density at radius 3 is 2.78 bits per heavy atom. The zero-order chi connectivity index (χ0) is 13.3. The summed E-state index contributed by atoms with van der Waals surface area (Å²) in [7, 11) is 1.55. The van der Waals surface area contributed by atoms with Crippen LogP contribution >= 0.6 is 11.3 Å². The smallest absolute Gasteiger partial charge is 0.246 e. The van der Waals surface area contributed by atoms with E-state index in [2.05, 4.69) is 31.3 Å². The number of hydrogen-bond acceptors (Lipinski definition) is 4. The lowest BCUT2D eigenvalue weighted by Crippen LogP contribution is -2.51. The highest BCUT2D eigenvalue weighted by Crippen LogP contribution is 2.24. The monoisotopic (exact) mass is 266 g/mol. The van der Waals surface area contributed by atoms with Gasteiger partial charge in [0, 0.05) is 29.3 Å². The number of nitrogens with one attached hydrogen (secondary N) is 1. The quantitative estimate of drug-likeness (QED) is 0.850. The molecule has 0 saturated carbocycles. The number of thiophene rings is 1. The van der Waals surface area contributed by atoms with Crippen molar-refractivity contribution in [3.05, 3.63) is 21.9 Å². The average Bonchev–Trinajstić information content (AvgIpc) is 2.77. The maximum Gasteiger partial charge on any atom is 0.246 e. The minimum absolute atomic E-state index is 0.0855. The molecular weight excluding hydrogens is 248 g/mol. The largest absolute Gasteiger partial charge is 0.298 e. The molecule has 0 aliphatic carbocycles. The third-order valence-electron chi connectivity index (χ3n) is 3.29. The molecule has 1 fully saturated rings. The van der Waals surface area contributed by atoms with E-state index in [-0.39, 0.29) is 23.9 Å². The maximum atomic E-state index is 12.0. The summed E-state index contributed by atoms with van der Waals surface area (Å²) in [6, 6.07) is 4.06. The molecule has 18 heavy (non-hydrogen) atoms. The molecular formula is C13H18N2O2S. The van der Waals surface area contributed by atoms with E-state index in [9.17, 15) is 9.59 Å². The molecule has 1 aliphatic rings. The summed E-state index contributed by atoms with van der Waals surface area (Å²) in [5.41, 5.74) is 0. The molecule has 2 atom stereocenters. The number of aryl methyl sites for hydroxylation is 1. The minimum Gasteiger partial charge on any atom is -0.298 e. The van der Waals surface area contributed by atoms with Crippen molar-refractivity contribution in [2.45, 2.75) is 38.8 Å². The molecule has 0 aromatic carbocycles. The summed E-state index contributed by atoms with van der Waals surface area (Å²) in [6.45, 7) is 4.12. The number of likely N-dealkylation sites (N-methyl/N-ethyl adjacent to an activating group) is 1. The fourth-order valence-corrected chi connectivity index (χ4v) is 3.03. The highest BCUT2D eigenvalue weighted by molar-refractivity contribution is 7.12. The molecule has 0 radical (unpaired) electrons. The first-order valence-electron chi connectivity index (χ1n) is 6.12. The molecule has 98 valence electrons. The number of amides is 2. The van der Waals surface area contributed by atoms with Crippen molar-refractivity contribution in [2.75, 3.05) is 7.05 Å². The Hall–Kier alpha value is -1.20. The summed E-state index contributed by atoms with van der Waals surface area (Å²) >= 11 is 1.73. The van der Waals surface area contributed by atoms with Crippen LogP contribution < -0.4 is 5.32 Å². The first-order valence-corrected chi connectivity index (χ1v) is 6.93. The van der Waals surface area contributed by atoms with Crippen molar-refractivity contribution < 1.29 is 9.59 Å². The van der Waals surface area contributed by atoms with E-state index in [1.165, 1.54) is 14.7 Å². The van der Waals surface area contributed by atoms with Gasteiger partial charge in [0.15, 0.2) is 0 Å². The molecule has 1 aliphatic heterocycles. The van der Waals surface area contributed by atoms with Crippen LogP contribution in [-0.2, 0) is 9.59 Å². The maximum absolute atomic E-state index is 12.0. The van der Waals surface area contributed by atoms with Gasteiger partial charge in [0.05, 0.1) is 6.04 Å². The van der Waals surface area contributed by atoms with E-state index in [0.717, 1.165) is 0 Å². The molecule has 1 aromatic heterocycles. The van der Waals surface area contributed by atoms with E-state index in [1.54, 1.807) is 18.4 Å². The Morgan fingerprint density at radius 1 is 1.44 bits per heavy atom. The number of piperidine rings is 1. The van der Waals surface area contributed by atoms with E-state index in [0.29, 0.717) is 12.8 Å². The third-order valence-corrected chi connectivity index (χ3v) is 4.47. The number of carbonyl (C=O) groups excluding carboxylic acids is 2. The number of imide groups is 1. The molecule has 1 saturated heterocycles. The van der Waals surface area contributed by atoms with Gasteiger partial charge in [-0.05, 0) is 32.4 Å². The molecule has 1 N–H and O–H groups in total. The van der Waals surface area contributed by atoms with Gasteiger partial charge in [-0.3, -0.25) is 19.8 Å². The van der Waals surface area contributed by atoms with Gasteiger partial charge >= 0.3 is 0 Å². The lowest BCUT2D eigenvalue weighted by molar-refractivity contribution is -0.148. The Bertz CT molecular complexity index is 469. The Morgan fingerprint density at radius 2 is 2.17 bits per heavy atom. The summed E-state index contributed by atoms with van der Waals surface area (Å²) < 4.78 is 0. The number of nitrogens with zero attached hydrogens (tertiary/aromatic N) is 1. The lowest BCUT2D eigenvalue weighted by atomic mass is 10.0. The predicted octanol–water partition coefficient (Wildman–Crippen LogP) is 1.85. The predicted molar refractivity (Wildman–Crippen MR) is 71.4 cm³/mol. The van der Waals surface area contributed by atoms with E-state index < -0.39 is 0 Å². The number of carbonyl (C=O) groups is 2. The molecule has 5 heteroatoms. The molecule has 4 nitrogen and oxygen atoms in total. The standard InChI is InChI=1S/C13H18N2O2S/c1-8-4-6-11(18-8)9(2)14-10-5-7-12(16)15(3)13(10)17/h4,6,9-10,14H,5,7H2,1-3H3. The van der Waals surface area contributed by atoms with Crippen molar-refractivity contribution in [1.29, 1.82) is 0 Å². The van der Waals surface area contributed by atoms with E-state index >= 15 is 0 Å². The topological polar surface area (TPSA) is 49.4 Å². The second-order valence-corrected chi connectivity index (χ2v) is 6.04. The Balaban J connectivity index is 2.01. The van der Waals surface area contributed by atoms with Crippen molar-refractivity contribution in [3.63, 3.8) is 0 Å². The highest BCUT2D eigenvalue weighted by atomic mass is 32.1. The first-order chi connectivity index (χ1) is 8.49. The zero-order valence-electron chi connectivity index (χ0n) is 10.9. The molecule has 2 rings (SSSR count). The van der Waals surface area contributed by atoms with Gasteiger partial charge in [0.25, 0.3) is 0 Å². The minimum atomic E-state index is -0.245. The highest BCUT2D eigenvalue weighted by Gasteiger charge is 2.32. The molecule has 2 heterocycles. The summed E-state index contributed by atoms with van der Waals surface area (Å²) in [4.78, 5) is 27.1. The Labute approximate surface area is 111 Å². The van der Waals surface area contributed by atoms with Crippen LogP contribution in [0.3, 0.4) is 0 Å². The van der Waals surface area contributed by atoms with Crippen LogP contribution in [-0.4, -0.2) is 29.8 Å². The number of likely N-dealkylation sites (tertiary alicyclic amines) is 1. The molecule has 2 unspecified atom stereocenters. The normalized spacial score (nSPS) is 22.4. The van der Waals surface area contributed by atoms with E-state index in [1.807, 2.05) is 0 Å². The molecule has 0 bridgehead atoms. The fourth-order valence-electron chi connectivity index (χ4n) is 2.14. The molecule has 2 amide bonds. The lowest BCUT2D eigenvalue weighted by Gasteiger charge is -2.30. The van der Waals surface area contributed by atoms with Crippen molar-refractivity contribution >= 4 is 23.2 Å². The number of rotatable bonds is 3. The third kappa shape index (κ3) is 2.62. The van der Waals surface area contributed by atoms with Crippen LogP contribution in [0.25, 0.3) is 0 Å². The van der Waals surface area contributed by atoms with Gasteiger partial charge in [0.2, 0.25) is 11.8 Å². The van der Waals surface area contributed by atoms with Crippen LogP contribution in [0, 0.1) is 6.92 Å². The van der Waals surface area contributed by atoms with Gasteiger partial charge in [-0.1, -0.05) is 0 Å². The van der Waals surface area contributed by atoms with Crippen LogP contribution in [0.15, 0.2) is 12.1 Å². The van der Waals surface area contributed by atoms with E-state index in [4.69, 9.17) is 0 Å². The molecule has 1 aromatic rings. The summed E-state index contributed by atoms with van der Waals surface area (Å²) in [5.74, 6) is -0.205. The van der Waals surface area contributed by atoms with Crippen LogP contribution in [0.5, 0.6) is 0 Å². The van der Waals surface area contributed by atoms with Crippen molar-refractivity contribution in [3.8, 4) is 0 Å². The SMILES string of the molecule is Cc1ccc(C(C)NC2CCC(=O)N(C)C2=O)s1. The summed E-state index contributed by atoms with van der Waals surface area (Å²) in [5, 5.41) is 3.32. The van der Waals surface area contributed by atoms with Gasteiger partial charge in [0.1, 0.15) is 0 Å². The van der Waals surface area contributed by atoms with Crippen LogP contribution in [0.1, 0.15) is 35.6 Å². The van der Waals surface area contributed by atoms with Gasteiger partial charge in [-0.25, -0.2) is 0 Å². The first kappa shape index (κ1) is 13.2. The second-order valence-electron chi connectivity index (χ2n) is 4.72. The van der Waals surface area contributed by atoms with Crippen molar-refractivity contribution in [2.24, 2.45) is 0 Å². The van der Waals surface area contributed by atoms with Gasteiger partial charge in [-0.2, -0.15) is 0 Å². The van der Waals surface area contributed by atoms with Crippen LogP contribution in [0.4, 0.5) is 0 Å².